The Labute approximate surface area is 256 Å². The van der Waals surface area contributed by atoms with Crippen molar-refractivity contribution in [1.29, 1.82) is 0 Å². The Kier molecular flexibility index (Phi) is 65.4. The van der Waals surface area contributed by atoms with E-state index in [1.165, 1.54) is 64.2 Å². The maximum atomic E-state index is 11.8. The van der Waals surface area contributed by atoms with E-state index in [0.717, 1.165) is 63.6 Å². The summed E-state index contributed by atoms with van der Waals surface area (Å²) >= 11 is 0. The Bertz CT molecular complexity index is 416. The molecule has 0 aliphatic heterocycles. The first-order valence-electron chi connectivity index (χ1n) is 17.7. The molecule has 0 unspecified atom stereocenters. The Balaban J connectivity index is -0.0000000981. The molecule has 1 aliphatic rings. The van der Waals surface area contributed by atoms with Crippen LogP contribution in [0.1, 0.15) is 206 Å². The van der Waals surface area contributed by atoms with E-state index < -0.39 is 0 Å². The van der Waals surface area contributed by atoms with Crippen LogP contribution in [0.5, 0.6) is 0 Å². The van der Waals surface area contributed by atoms with Gasteiger partial charge in [-0.1, -0.05) is 180 Å². The third-order valence-electron chi connectivity index (χ3n) is 6.54. The molecule has 40 heavy (non-hydrogen) atoms. The van der Waals surface area contributed by atoms with E-state index >= 15 is 0 Å². The smallest absolute Gasteiger partial charge is 0.155 e. The van der Waals surface area contributed by atoms with Gasteiger partial charge in [0.25, 0.3) is 0 Å². The van der Waals surface area contributed by atoms with Crippen molar-refractivity contribution in [2.45, 2.75) is 211 Å². The highest BCUT2D eigenvalue weighted by Gasteiger charge is 2.32. The van der Waals surface area contributed by atoms with Gasteiger partial charge in [0.1, 0.15) is 6.29 Å². The lowest BCUT2D eigenvalue weighted by Crippen LogP contribution is -2.48. The number of rotatable bonds is 14. The van der Waals surface area contributed by atoms with E-state index in [9.17, 15) is 9.59 Å². The lowest BCUT2D eigenvalue weighted by molar-refractivity contribution is -0.123. The lowest BCUT2D eigenvalue weighted by Gasteiger charge is -2.32. The molecule has 0 bridgehead atoms. The minimum Gasteiger partial charge on any atom is -0.379 e. The van der Waals surface area contributed by atoms with Gasteiger partial charge in [0.2, 0.25) is 0 Å². The van der Waals surface area contributed by atoms with E-state index in [2.05, 4.69) is 53.4 Å². The fourth-order valence-corrected chi connectivity index (χ4v) is 3.84. The van der Waals surface area contributed by atoms with Crippen molar-refractivity contribution in [1.82, 2.24) is 5.32 Å². The summed E-state index contributed by atoms with van der Waals surface area (Å²) in [5.41, 5.74) is -0.353. The molecule has 0 heterocycles. The second-order valence-corrected chi connectivity index (χ2v) is 9.95. The van der Waals surface area contributed by atoms with E-state index in [1.807, 2.05) is 41.5 Å². The molecule has 0 radical (unpaired) electrons. The average molecular weight is 572 g/mol. The quantitative estimate of drug-likeness (QED) is 0.128. The van der Waals surface area contributed by atoms with E-state index in [4.69, 9.17) is 0 Å². The van der Waals surface area contributed by atoms with Crippen molar-refractivity contribution in [3.05, 3.63) is 12.8 Å². The highest BCUT2D eigenvalue weighted by atomic mass is 16.1. The van der Waals surface area contributed by atoms with E-state index in [1.54, 1.807) is 13.1 Å². The third kappa shape index (κ3) is 43.9. The minimum atomic E-state index is -0.353. The molecular weight excluding hydrogens is 490 g/mol. The van der Waals surface area contributed by atoms with Crippen molar-refractivity contribution in [3.8, 4) is 0 Å². The molecule has 3 heteroatoms. The first-order valence-corrected chi connectivity index (χ1v) is 17.7. The predicted molar refractivity (Wildman–Crippen MR) is 187 cm³/mol. The molecule has 0 aromatic heterocycles. The molecular formula is C37H81NO2. The standard InChI is InChI=1S/C13H25NO.C8H16.C6H12O.C4H10.3C2H6/c1-5-8-10-13(12(4)15,14-7-3)11-9-6-2;1-8-6-4-2-3-5-7-8;1-2-3-4-5-6-7;1-3-4-2;3*1-2/h7,14H,3,5-6,8-11H2,1-2,4H3;8H,2-7H2,1H3;6H,2-5H2,1H3;3-4H2,1-2H3;3*1-2H3. The van der Waals surface area contributed by atoms with Gasteiger partial charge in [0.15, 0.2) is 5.78 Å². The average Bonchev–Trinajstić information content (AvgIpc) is 3.26. The fraction of sp³-hybridized carbons (Fsp3) is 0.892. The van der Waals surface area contributed by atoms with Crippen LogP contribution in [-0.2, 0) is 9.59 Å². The summed E-state index contributed by atoms with van der Waals surface area (Å²) in [6.45, 7) is 30.5. The molecule has 246 valence electrons. The number of unbranched alkanes of at least 4 members (excludes halogenated alkanes) is 6. The minimum absolute atomic E-state index is 0.240. The van der Waals surface area contributed by atoms with Crippen LogP contribution in [0.2, 0.25) is 0 Å². The maximum absolute atomic E-state index is 11.8. The molecule has 0 amide bonds. The highest BCUT2D eigenvalue weighted by Crippen LogP contribution is 2.23. The number of Topliss-reactive ketones (excluding diaryl/α,β-unsaturated/α-hetero) is 1. The van der Waals surface area contributed by atoms with Gasteiger partial charge in [-0.15, -0.1) is 0 Å². The molecule has 1 N–H and O–H groups in total. The van der Waals surface area contributed by atoms with Crippen LogP contribution in [0.15, 0.2) is 12.8 Å². The zero-order valence-electron chi connectivity index (χ0n) is 30.5. The highest BCUT2D eigenvalue weighted by molar-refractivity contribution is 5.86. The number of ketones is 1. The number of nitrogens with one attached hydrogen (secondary N) is 1. The first kappa shape index (κ1) is 51.6. The summed E-state index contributed by atoms with van der Waals surface area (Å²) in [6.07, 6.45) is 24.7. The first-order chi connectivity index (χ1) is 19.3. The molecule has 0 aromatic carbocycles. The second-order valence-electron chi connectivity index (χ2n) is 9.95. The topological polar surface area (TPSA) is 46.2 Å². The predicted octanol–water partition coefficient (Wildman–Crippen LogP) is 13.1. The SMILES string of the molecule is C=CNC(CCCC)(CCCC)C(C)=O.CC.CC.CC.CC1CCCCCC1.CCCC.CCCCCC=O. The summed E-state index contributed by atoms with van der Waals surface area (Å²) in [4.78, 5) is 21.4. The monoisotopic (exact) mass is 572 g/mol. The largest absolute Gasteiger partial charge is 0.379 e. The van der Waals surface area contributed by atoms with Crippen LogP contribution >= 0.6 is 0 Å². The van der Waals surface area contributed by atoms with Crippen LogP contribution in [-0.4, -0.2) is 17.6 Å². The number of hydrogen-bond acceptors (Lipinski definition) is 3. The summed E-state index contributed by atoms with van der Waals surface area (Å²) < 4.78 is 0. The van der Waals surface area contributed by atoms with Crippen LogP contribution in [0.4, 0.5) is 0 Å². The molecule has 1 aliphatic carbocycles. The van der Waals surface area contributed by atoms with Gasteiger partial charge in [0.05, 0.1) is 5.54 Å². The number of aldehydes is 1. The summed E-state index contributed by atoms with van der Waals surface area (Å²) in [7, 11) is 0. The molecule has 3 nitrogen and oxygen atoms in total. The van der Waals surface area contributed by atoms with Crippen molar-refractivity contribution >= 4 is 12.1 Å². The zero-order chi connectivity index (χ0) is 32.5. The Morgan fingerprint density at radius 1 is 0.725 bits per heavy atom. The van der Waals surface area contributed by atoms with Crippen LogP contribution in [0.25, 0.3) is 0 Å². The van der Waals surface area contributed by atoms with Crippen molar-refractivity contribution in [2.24, 2.45) is 5.92 Å². The van der Waals surface area contributed by atoms with E-state index in [0.29, 0.717) is 0 Å². The molecule has 1 rings (SSSR count). The summed E-state index contributed by atoms with van der Waals surface area (Å²) in [5, 5.41) is 3.18. The van der Waals surface area contributed by atoms with Gasteiger partial charge in [-0.25, -0.2) is 0 Å². The van der Waals surface area contributed by atoms with Gasteiger partial charge < -0.3 is 10.1 Å². The zero-order valence-corrected chi connectivity index (χ0v) is 30.5. The molecule has 0 spiro atoms. The van der Waals surface area contributed by atoms with Gasteiger partial charge in [0, 0.05) is 6.42 Å². The Morgan fingerprint density at radius 2 is 1.12 bits per heavy atom. The van der Waals surface area contributed by atoms with Crippen molar-refractivity contribution in [3.63, 3.8) is 0 Å². The van der Waals surface area contributed by atoms with Crippen molar-refractivity contribution < 1.29 is 9.59 Å². The van der Waals surface area contributed by atoms with Gasteiger partial charge in [-0.05, 0) is 38.3 Å². The number of hydrogen-bond donors (Lipinski definition) is 1. The summed E-state index contributed by atoms with van der Waals surface area (Å²) in [6, 6.07) is 0. The maximum Gasteiger partial charge on any atom is 0.155 e. The molecule has 0 aromatic rings. The van der Waals surface area contributed by atoms with Crippen LogP contribution in [0, 0.1) is 5.92 Å². The van der Waals surface area contributed by atoms with Gasteiger partial charge >= 0.3 is 0 Å². The number of carbonyl (C=O) groups is 2. The van der Waals surface area contributed by atoms with E-state index in [-0.39, 0.29) is 11.3 Å². The van der Waals surface area contributed by atoms with Crippen LogP contribution < -0.4 is 5.32 Å². The molecule has 1 saturated carbocycles. The van der Waals surface area contributed by atoms with Crippen molar-refractivity contribution in [2.75, 3.05) is 0 Å². The number of carbonyl (C=O) groups excluding carboxylic acids is 2. The molecule has 0 atom stereocenters. The molecule has 1 fully saturated rings. The summed E-state index contributed by atoms with van der Waals surface area (Å²) in [5.74, 6) is 1.27. The Hall–Kier alpha value is -1.12. The fourth-order valence-electron chi connectivity index (χ4n) is 3.84. The normalized spacial score (nSPS) is 11.9. The van der Waals surface area contributed by atoms with Gasteiger partial charge in [-0.3, -0.25) is 4.79 Å². The van der Waals surface area contributed by atoms with Gasteiger partial charge in [-0.2, -0.15) is 0 Å². The third-order valence-corrected chi connectivity index (χ3v) is 6.54. The second kappa shape index (κ2) is 50.7. The lowest BCUT2D eigenvalue weighted by atomic mass is 9.84. The Morgan fingerprint density at radius 3 is 1.40 bits per heavy atom. The molecule has 0 saturated heterocycles. The van der Waals surface area contributed by atoms with Crippen LogP contribution in [0.3, 0.4) is 0 Å².